The number of carbonyl (C=O) groups is 1. The van der Waals surface area contributed by atoms with Crippen molar-refractivity contribution in [2.45, 2.75) is 4.90 Å². The fourth-order valence-electron chi connectivity index (χ4n) is 1.76. The minimum atomic E-state index is -0.929. The molecule has 2 aromatic carbocycles. The van der Waals surface area contributed by atoms with Crippen LogP contribution in [-0.4, -0.2) is 17.3 Å². The minimum Gasteiger partial charge on any atom is -0.478 e. The molecule has 0 bridgehead atoms. The maximum atomic E-state index is 11.4. The molecule has 2 aromatic rings. The fraction of sp³-hybridized carbons (Fsp3) is 0.0625. The molecule has 0 aliphatic carbocycles. The van der Waals surface area contributed by atoms with Gasteiger partial charge in [0.25, 0.3) is 0 Å². The summed E-state index contributed by atoms with van der Waals surface area (Å²) in [6, 6.07) is 15.1. The molecule has 2 nitrogen and oxygen atoms in total. The van der Waals surface area contributed by atoms with E-state index in [4.69, 9.17) is 0 Å². The molecule has 0 spiro atoms. The first-order valence-electron chi connectivity index (χ1n) is 5.95. The van der Waals surface area contributed by atoms with Gasteiger partial charge in [0.2, 0.25) is 0 Å². The molecule has 0 saturated carbocycles. The van der Waals surface area contributed by atoms with Gasteiger partial charge in [-0.2, -0.15) is 0 Å². The van der Waals surface area contributed by atoms with Gasteiger partial charge < -0.3 is 5.11 Å². The van der Waals surface area contributed by atoms with Gasteiger partial charge in [0, 0.05) is 9.37 Å². The van der Waals surface area contributed by atoms with Crippen LogP contribution in [0.3, 0.4) is 0 Å². The molecule has 2 rings (SSSR count). The van der Waals surface area contributed by atoms with Gasteiger partial charge in [-0.25, -0.2) is 4.79 Å². The van der Waals surface area contributed by atoms with Crippen LogP contribution in [0.4, 0.5) is 0 Å². The predicted octanol–water partition coefficient (Wildman–Crippen LogP) is 4.80. The Labute approximate surface area is 130 Å². The molecule has 0 fully saturated rings. The number of rotatable bonds is 4. The molecule has 0 saturated heterocycles. The van der Waals surface area contributed by atoms with Crippen molar-refractivity contribution in [1.29, 1.82) is 0 Å². The zero-order valence-electron chi connectivity index (χ0n) is 10.8. The molecule has 0 aliphatic rings. The second kappa shape index (κ2) is 6.77. The molecule has 20 heavy (non-hydrogen) atoms. The molecular formula is C16H13BrO2S. The van der Waals surface area contributed by atoms with E-state index in [0.717, 1.165) is 14.9 Å². The normalized spacial score (nSPS) is 11.4. The zero-order valence-corrected chi connectivity index (χ0v) is 13.2. The van der Waals surface area contributed by atoms with Gasteiger partial charge in [-0.3, -0.25) is 0 Å². The van der Waals surface area contributed by atoms with E-state index in [0.29, 0.717) is 5.56 Å². The summed E-state index contributed by atoms with van der Waals surface area (Å²) in [5, 5.41) is 9.37. The number of hydrogen-bond acceptors (Lipinski definition) is 2. The van der Waals surface area contributed by atoms with Crippen LogP contribution in [0.25, 0.3) is 11.6 Å². The third kappa shape index (κ3) is 3.74. The first-order valence-corrected chi connectivity index (χ1v) is 7.97. The highest BCUT2D eigenvalue weighted by atomic mass is 79.9. The van der Waals surface area contributed by atoms with Crippen LogP contribution >= 0.6 is 27.7 Å². The van der Waals surface area contributed by atoms with Crippen LogP contribution in [0, 0.1) is 0 Å². The summed E-state index contributed by atoms with van der Waals surface area (Å²) in [7, 11) is 0. The van der Waals surface area contributed by atoms with Gasteiger partial charge in [0.15, 0.2) is 0 Å². The lowest BCUT2D eigenvalue weighted by Gasteiger charge is -2.04. The average molecular weight is 349 g/mol. The van der Waals surface area contributed by atoms with E-state index in [1.54, 1.807) is 30.0 Å². The second-order valence-electron chi connectivity index (χ2n) is 4.14. The van der Waals surface area contributed by atoms with Crippen molar-refractivity contribution >= 4 is 45.3 Å². The van der Waals surface area contributed by atoms with Crippen LogP contribution in [0.15, 0.2) is 57.9 Å². The van der Waals surface area contributed by atoms with Gasteiger partial charge in [0.05, 0.1) is 5.57 Å². The summed E-state index contributed by atoms with van der Waals surface area (Å²) in [5.74, 6) is -0.929. The maximum Gasteiger partial charge on any atom is 0.336 e. The first-order chi connectivity index (χ1) is 9.60. The molecule has 0 atom stereocenters. The molecule has 0 aromatic heterocycles. The zero-order chi connectivity index (χ0) is 14.5. The first kappa shape index (κ1) is 14.9. The highest BCUT2D eigenvalue weighted by Gasteiger charge is 2.10. The van der Waals surface area contributed by atoms with Gasteiger partial charge in [-0.05, 0) is 47.7 Å². The van der Waals surface area contributed by atoms with Crippen molar-refractivity contribution in [3.05, 3.63) is 64.1 Å². The number of hydrogen-bond donors (Lipinski definition) is 1. The van der Waals surface area contributed by atoms with E-state index in [1.165, 1.54) is 0 Å². The standard InChI is InChI=1S/C16H13BrO2S/c1-20-14-8-2-11(3-9-14)10-15(16(18)19)12-4-6-13(17)7-5-12/h2-10H,1H3,(H,18,19). The maximum absolute atomic E-state index is 11.4. The quantitative estimate of drug-likeness (QED) is 0.490. The van der Waals surface area contributed by atoms with Crippen molar-refractivity contribution in [3.8, 4) is 0 Å². The number of halogens is 1. The number of carboxylic acids is 1. The SMILES string of the molecule is CSc1ccc(C=C(C(=O)O)c2ccc(Br)cc2)cc1. The lowest BCUT2D eigenvalue weighted by molar-refractivity contribution is -0.130. The highest BCUT2D eigenvalue weighted by molar-refractivity contribution is 9.10. The summed E-state index contributed by atoms with van der Waals surface area (Å²) >= 11 is 5.00. The Balaban J connectivity index is 2.39. The van der Waals surface area contributed by atoms with Crippen molar-refractivity contribution in [2.75, 3.05) is 6.26 Å². The smallest absolute Gasteiger partial charge is 0.336 e. The summed E-state index contributed by atoms with van der Waals surface area (Å²) < 4.78 is 0.926. The number of aliphatic carboxylic acids is 1. The van der Waals surface area contributed by atoms with Crippen molar-refractivity contribution in [2.24, 2.45) is 0 Å². The van der Waals surface area contributed by atoms with Crippen LogP contribution < -0.4 is 0 Å². The lowest BCUT2D eigenvalue weighted by atomic mass is 10.0. The summed E-state index contributed by atoms with van der Waals surface area (Å²) in [6.45, 7) is 0. The van der Waals surface area contributed by atoms with E-state index in [1.807, 2.05) is 42.7 Å². The predicted molar refractivity (Wildman–Crippen MR) is 87.9 cm³/mol. The van der Waals surface area contributed by atoms with Gasteiger partial charge in [0.1, 0.15) is 0 Å². The van der Waals surface area contributed by atoms with Gasteiger partial charge >= 0.3 is 5.97 Å². The van der Waals surface area contributed by atoms with E-state index in [2.05, 4.69) is 15.9 Å². The third-order valence-electron chi connectivity index (χ3n) is 2.81. The Morgan fingerprint density at radius 3 is 2.20 bits per heavy atom. The van der Waals surface area contributed by atoms with Crippen molar-refractivity contribution in [1.82, 2.24) is 0 Å². The molecule has 1 N–H and O–H groups in total. The van der Waals surface area contributed by atoms with Gasteiger partial charge in [-0.1, -0.05) is 40.2 Å². The largest absolute Gasteiger partial charge is 0.478 e. The second-order valence-corrected chi connectivity index (χ2v) is 5.94. The number of benzene rings is 2. The Hall–Kier alpha value is -1.52. The van der Waals surface area contributed by atoms with Crippen LogP contribution in [0.1, 0.15) is 11.1 Å². The van der Waals surface area contributed by atoms with Crippen molar-refractivity contribution in [3.63, 3.8) is 0 Å². The molecule has 102 valence electrons. The molecule has 0 unspecified atom stereocenters. The third-order valence-corrected chi connectivity index (χ3v) is 4.08. The average Bonchev–Trinajstić information content (AvgIpc) is 2.46. The number of carboxylic acid groups (broad SMARTS) is 1. The molecule has 0 heterocycles. The number of thioether (sulfide) groups is 1. The summed E-state index contributed by atoms with van der Waals surface area (Å²) in [6.07, 6.45) is 3.70. The lowest BCUT2D eigenvalue weighted by Crippen LogP contribution is -1.99. The molecular weight excluding hydrogens is 336 g/mol. The fourth-order valence-corrected chi connectivity index (χ4v) is 2.44. The Kier molecular flexibility index (Phi) is 5.04. The van der Waals surface area contributed by atoms with Gasteiger partial charge in [-0.15, -0.1) is 11.8 Å². The Bertz CT molecular complexity index is 631. The van der Waals surface area contributed by atoms with E-state index in [-0.39, 0.29) is 5.57 Å². The van der Waals surface area contributed by atoms with E-state index in [9.17, 15) is 9.90 Å². The minimum absolute atomic E-state index is 0.286. The molecule has 0 amide bonds. The monoisotopic (exact) mass is 348 g/mol. The molecule has 4 heteroatoms. The highest BCUT2D eigenvalue weighted by Crippen LogP contribution is 2.22. The molecule has 0 aliphatic heterocycles. The Morgan fingerprint density at radius 1 is 1.10 bits per heavy atom. The Morgan fingerprint density at radius 2 is 1.70 bits per heavy atom. The van der Waals surface area contributed by atoms with Crippen LogP contribution in [-0.2, 0) is 4.79 Å². The summed E-state index contributed by atoms with van der Waals surface area (Å²) in [4.78, 5) is 12.6. The molecule has 0 radical (unpaired) electrons. The van der Waals surface area contributed by atoms with E-state index < -0.39 is 5.97 Å². The van der Waals surface area contributed by atoms with E-state index >= 15 is 0 Å². The van der Waals surface area contributed by atoms with Crippen LogP contribution in [0.2, 0.25) is 0 Å². The summed E-state index contributed by atoms with van der Waals surface area (Å²) in [5.41, 5.74) is 1.85. The van der Waals surface area contributed by atoms with Crippen LogP contribution in [0.5, 0.6) is 0 Å². The topological polar surface area (TPSA) is 37.3 Å². The van der Waals surface area contributed by atoms with Crippen molar-refractivity contribution < 1.29 is 9.90 Å².